The Morgan fingerprint density at radius 1 is 1.47 bits per heavy atom. The average Bonchev–Trinajstić information content (AvgIpc) is 2.28. The van der Waals surface area contributed by atoms with Crippen molar-refractivity contribution in [3.05, 3.63) is 35.1 Å². The van der Waals surface area contributed by atoms with Gasteiger partial charge in [-0.3, -0.25) is 4.79 Å². The van der Waals surface area contributed by atoms with E-state index in [9.17, 15) is 19.4 Å². The van der Waals surface area contributed by atoms with E-state index in [1.165, 1.54) is 19.1 Å². The summed E-state index contributed by atoms with van der Waals surface area (Å²) in [4.78, 5) is 11.1. The highest BCUT2D eigenvalue weighted by Gasteiger charge is 2.19. The lowest BCUT2D eigenvalue weighted by Gasteiger charge is -2.18. The van der Waals surface area contributed by atoms with Crippen molar-refractivity contribution < 1.29 is 19.4 Å². The molecule has 0 bridgehead atoms. The summed E-state index contributed by atoms with van der Waals surface area (Å²) in [6.45, 7) is 1.48. The molecular weight excluding hydrogens is 225 g/mol. The molecule has 2 unspecified atom stereocenters. The zero-order valence-electron chi connectivity index (χ0n) is 9.56. The SMILES string of the molecule is CC(=O)c1cc(C(O)C(O)CCN)ccc1F. The maximum absolute atomic E-state index is 13.2. The standard InChI is InChI=1S/C12H16FNO3/c1-7(15)9-6-8(2-3-10(9)13)12(17)11(16)4-5-14/h2-3,6,11-12,16-17H,4-5,14H2,1H3. The molecule has 4 N–H and O–H groups in total. The smallest absolute Gasteiger partial charge is 0.162 e. The van der Waals surface area contributed by atoms with Crippen molar-refractivity contribution in [3.8, 4) is 0 Å². The van der Waals surface area contributed by atoms with Crippen molar-refractivity contribution in [2.45, 2.75) is 25.6 Å². The highest BCUT2D eigenvalue weighted by atomic mass is 19.1. The minimum atomic E-state index is -1.17. The van der Waals surface area contributed by atoms with Crippen molar-refractivity contribution in [3.63, 3.8) is 0 Å². The Morgan fingerprint density at radius 3 is 2.65 bits per heavy atom. The van der Waals surface area contributed by atoms with E-state index in [-0.39, 0.29) is 18.5 Å². The van der Waals surface area contributed by atoms with E-state index in [1.54, 1.807) is 0 Å². The van der Waals surface area contributed by atoms with Crippen molar-refractivity contribution in [1.82, 2.24) is 0 Å². The number of hydrogen-bond acceptors (Lipinski definition) is 4. The normalized spacial score (nSPS) is 14.4. The Kier molecular flexibility index (Phi) is 4.74. The van der Waals surface area contributed by atoms with Crippen LogP contribution in [-0.2, 0) is 0 Å². The van der Waals surface area contributed by atoms with Gasteiger partial charge in [-0.2, -0.15) is 0 Å². The number of benzene rings is 1. The summed E-state index contributed by atoms with van der Waals surface area (Å²) in [5, 5.41) is 19.3. The van der Waals surface area contributed by atoms with Gasteiger partial charge in [0.1, 0.15) is 11.9 Å². The molecule has 1 aromatic rings. The van der Waals surface area contributed by atoms with Crippen LogP contribution in [0.25, 0.3) is 0 Å². The quantitative estimate of drug-likeness (QED) is 0.665. The van der Waals surface area contributed by atoms with Crippen molar-refractivity contribution >= 4 is 5.78 Å². The lowest BCUT2D eigenvalue weighted by Crippen LogP contribution is -2.22. The van der Waals surface area contributed by atoms with Crippen LogP contribution >= 0.6 is 0 Å². The van der Waals surface area contributed by atoms with E-state index in [0.717, 1.165) is 6.07 Å². The number of aliphatic hydroxyl groups excluding tert-OH is 2. The van der Waals surface area contributed by atoms with E-state index in [2.05, 4.69) is 0 Å². The van der Waals surface area contributed by atoms with Crippen LogP contribution in [0.1, 0.15) is 35.4 Å². The molecule has 4 nitrogen and oxygen atoms in total. The number of carbonyl (C=O) groups is 1. The summed E-state index contributed by atoms with van der Waals surface area (Å²) in [6, 6.07) is 3.69. The second-order valence-corrected chi connectivity index (χ2v) is 3.89. The number of ketones is 1. The predicted molar refractivity (Wildman–Crippen MR) is 61.0 cm³/mol. The van der Waals surface area contributed by atoms with E-state index < -0.39 is 23.8 Å². The number of rotatable bonds is 5. The van der Waals surface area contributed by atoms with Gasteiger partial charge in [-0.15, -0.1) is 0 Å². The zero-order valence-corrected chi connectivity index (χ0v) is 9.56. The van der Waals surface area contributed by atoms with E-state index in [0.29, 0.717) is 5.56 Å². The molecule has 2 atom stereocenters. The number of aliphatic hydroxyl groups is 2. The Morgan fingerprint density at radius 2 is 2.12 bits per heavy atom. The maximum Gasteiger partial charge on any atom is 0.162 e. The lowest BCUT2D eigenvalue weighted by molar-refractivity contribution is 0.0149. The summed E-state index contributed by atoms with van der Waals surface area (Å²) in [7, 11) is 0. The van der Waals surface area contributed by atoms with Gasteiger partial charge in [0.15, 0.2) is 5.78 Å². The molecule has 94 valence electrons. The molecule has 0 aliphatic carbocycles. The summed E-state index contributed by atoms with van der Waals surface area (Å²) in [6.07, 6.45) is -1.96. The third-order valence-corrected chi connectivity index (χ3v) is 2.54. The summed E-state index contributed by atoms with van der Waals surface area (Å²) >= 11 is 0. The van der Waals surface area contributed by atoms with E-state index in [4.69, 9.17) is 5.73 Å². The molecule has 0 spiro atoms. The molecule has 0 fully saturated rings. The van der Waals surface area contributed by atoms with Gasteiger partial charge in [0.25, 0.3) is 0 Å². The molecule has 0 heterocycles. The summed E-state index contributed by atoms with van der Waals surface area (Å²) in [5.74, 6) is -1.06. The number of halogens is 1. The fraction of sp³-hybridized carbons (Fsp3) is 0.417. The Hall–Kier alpha value is -1.30. The van der Waals surface area contributed by atoms with Crippen LogP contribution < -0.4 is 5.73 Å². The van der Waals surface area contributed by atoms with E-state index >= 15 is 0 Å². The van der Waals surface area contributed by atoms with Crippen LogP contribution in [0.4, 0.5) is 4.39 Å². The van der Waals surface area contributed by atoms with Crippen LogP contribution in [0, 0.1) is 5.82 Å². The van der Waals surface area contributed by atoms with Crippen molar-refractivity contribution in [2.24, 2.45) is 5.73 Å². The largest absolute Gasteiger partial charge is 0.390 e. The summed E-state index contributed by atoms with van der Waals surface area (Å²) in [5.41, 5.74) is 5.47. The highest BCUT2D eigenvalue weighted by Crippen LogP contribution is 2.21. The topological polar surface area (TPSA) is 83.5 Å². The van der Waals surface area contributed by atoms with Crippen LogP contribution in [0.15, 0.2) is 18.2 Å². The van der Waals surface area contributed by atoms with Gasteiger partial charge in [-0.05, 0) is 37.6 Å². The Balaban J connectivity index is 2.99. The molecule has 0 radical (unpaired) electrons. The third kappa shape index (κ3) is 3.33. The molecule has 0 saturated carbocycles. The maximum atomic E-state index is 13.2. The molecule has 17 heavy (non-hydrogen) atoms. The fourth-order valence-corrected chi connectivity index (χ4v) is 1.55. The van der Waals surface area contributed by atoms with Crippen LogP contribution in [0.2, 0.25) is 0 Å². The van der Waals surface area contributed by atoms with Gasteiger partial charge in [0, 0.05) is 0 Å². The van der Waals surface area contributed by atoms with Crippen LogP contribution in [0.5, 0.6) is 0 Å². The predicted octanol–water partition coefficient (Wildman–Crippen LogP) is 0.771. The molecule has 5 heteroatoms. The first-order chi connectivity index (χ1) is 7.97. The second-order valence-electron chi connectivity index (χ2n) is 3.89. The number of nitrogens with two attached hydrogens (primary N) is 1. The molecule has 0 aromatic heterocycles. The van der Waals surface area contributed by atoms with Crippen molar-refractivity contribution in [2.75, 3.05) is 6.54 Å². The summed E-state index contributed by atoms with van der Waals surface area (Å²) < 4.78 is 13.2. The van der Waals surface area contributed by atoms with Crippen LogP contribution in [0.3, 0.4) is 0 Å². The molecule has 0 aliphatic rings. The first-order valence-corrected chi connectivity index (χ1v) is 5.34. The van der Waals surface area contributed by atoms with Gasteiger partial charge >= 0.3 is 0 Å². The number of hydrogen-bond donors (Lipinski definition) is 3. The molecular formula is C12H16FNO3. The minimum absolute atomic E-state index is 0.0958. The van der Waals surface area contributed by atoms with Gasteiger partial charge in [-0.1, -0.05) is 6.07 Å². The molecule has 1 rings (SSSR count). The number of carbonyl (C=O) groups excluding carboxylic acids is 1. The van der Waals surface area contributed by atoms with Gasteiger partial charge < -0.3 is 15.9 Å². The fourth-order valence-electron chi connectivity index (χ4n) is 1.55. The molecule has 0 aliphatic heterocycles. The molecule has 0 saturated heterocycles. The minimum Gasteiger partial charge on any atom is -0.390 e. The van der Waals surface area contributed by atoms with Gasteiger partial charge in [0.2, 0.25) is 0 Å². The van der Waals surface area contributed by atoms with Gasteiger partial charge in [0.05, 0.1) is 11.7 Å². The highest BCUT2D eigenvalue weighted by molar-refractivity contribution is 5.94. The second kappa shape index (κ2) is 5.86. The third-order valence-electron chi connectivity index (χ3n) is 2.54. The van der Waals surface area contributed by atoms with Gasteiger partial charge in [-0.25, -0.2) is 4.39 Å². The number of Topliss-reactive ketones (excluding diaryl/α,β-unsaturated/α-hetero) is 1. The zero-order chi connectivity index (χ0) is 13.0. The molecule has 0 amide bonds. The van der Waals surface area contributed by atoms with Crippen LogP contribution in [-0.4, -0.2) is 28.6 Å². The lowest BCUT2D eigenvalue weighted by atomic mass is 9.99. The average molecular weight is 241 g/mol. The first-order valence-electron chi connectivity index (χ1n) is 5.34. The monoisotopic (exact) mass is 241 g/mol. The Labute approximate surface area is 98.9 Å². The molecule has 1 aromatic carbocycles. The Bertz CT molecular complexity index is 409. The first kappa shape index (κ1) is 13.8. The van der Waals surface area contributed by atoms with E-state index in [1.807, 2.05) is 0 Å². The van der Waals surface area contributed by atoms with Crippen molar-refractivity contribution in [1.29, 1.82) is 0 Å².